The predicted molar refractivity (Wildman–Crippen MR) is 70.4 cm³/mol. The minimum atomic E-state index is -0.301. The molecule has 0 bridgehead atoms. The predicted octanol–water partition coefficient (Wildman–Crippen LogP) is 1.87. The van der Waals surface area contributed by atoms with Crippen LogP contribution in [-0.2, 0) is 4.79 Å². The van der Waals surface area contributed by atoms with E-state index in [9.17, 15) is 9.18 Å². The molecule has 0 fully saturated rings. The average molecular weight is 269 g/mol. The van der Waals surface area contributed by atoms with E-state index in [2.05, 4.69) is 5.32 Å². The van der Waals surface area contributed by atoms with E-state index >= 15 is 0 Å². The maximum absolute atomic E-state index is 12.6. The largest absolute Gasteiger partial charge is 0.494 e. The van der Waals surface area contributed by atoms with Crippen LogP contribution in [0.3, 0.4) is 0 Å². The van der Waals surface area contributed by atoms with Gasteiger partial charge in [-0.15, -0.1) is 0 Å². The van der Waals surface area contributed by atoms with Gasteiger partial charge < -0.3 is 15.2 Å². The Kier molecular flexibility index (Phi) is 6.89. The van der Waals surface area contributed by atoms with Crippen LogP contribution >= 0.6 is 0 Å². The summed E-state index contributed by atoms with van der Waals surface area (Å²) in [5.74, 6) is 0.240. The van der Waals surface area contributed by atoms with E-state index in [0.717, 1.165) is 0 Å². The van der Waals surface area contributed by atoms with Gasteiger partial charge >= 0.3 is 0 Å². The Morgan fingerprint density at radius 3 is 2.74 bits per heavy atom. The van der Waals surface area contributed by atoms with Gasteiger partial charge in [-0.25, -0.2) is 4.39 Å². The Bertz CT molecular complexity index is 381. The van der Waals surface area contributed by atoms with Crippen molar-refractivity contribution in [2.45, 2.75) is 32.2 Å². The summed E-state index contributed by atoms with van der Waals surface area (Å²) >= 11 is 0. The molecule has 0 aliphatic carbocycles. The molecule has 0 aliphatic rings. The van der Waals surface area contributed by atoms with Gasteiger partial charge in [0, 0.05) is 19.1 Å². The third-order valence-corrected chi connectivity index (χ3v) is 2.60. The fraction of sp³-hybridized carbons (Fsp3) is 0.500. The van der Waals surface area contributed by atoms with Crippen molar-refractivity contribution in [3.63, 3.8) is 0 Å². The Balaban J connectivity index is 2.13. The van der Waals surface area contributed by atoms with Gasteiger partial charge in [0.2, 0.25) is 5.91 Å². The molecule has 5 heteroatoms. The van der Waals surface area contributed by atoms with Crippen LogP contribution in [0, 0.1) is 5.82 Å². The lowest BCUT2D eigenvalue weighted by molar-refractivity contribution is -0.122. The zero-order valence-corrected chi connectivity index (χ0v) is 11.1. The van der Waals surface area contributed by atoms with Gasteiger partial charge in [-0.3, -0.25) is 4.79 Å². The number of hydrogen-bond acceptors (Lipinski definition) is 3. The molecule has 1 atom stereocenters. The molecular weight excluding hydrogens is 249 g/mol. The molecule has 0 aliphatic heterocycles. The van der Waals surface area contributed by atoms with Gasteiger partial charge in [-0.2, -0.15) is 0 Å². The van der Waals surface area contributed by atoms with Gasteiger partial charge in [-0.05, 0) is 44.0 Å². The first-order valence-electron chi connectivity index (χ1n) is 6.40. The van der Waals surface area contributed by atoms with Crippen LogP contribution in [0.5, 0.6) is 5.75 Å². The third kappa shape index (κ3) is 6.76. The van der Waals surface area contributed by atoms with Crippen molar-refractivity contribution < 1.29 is 19.0 Å². The lowest BCUT2D eigenvalue weighted by Crippen LogP contribution is -2.33. The number of nitrogens with one attached hydrogen (secondary N) is 1. The maximum atomic E-state index is 12.6. The van der Waals surface area contributed by atoms with Gasteiger partial charge in [0.15, 0.2) is 0 Å². The SMILES string of the molecule is CC(CCO)NC(=O)CCCOc1ccc(F)cc1. The summed E-state index contributed by atoms with van der Waals surface area (Å²) in [4.78, 5) is 11.5. The number of ether oxygens (including phenoxy) is 1. The Hall–Kier alpha value is -1.62. The number of aliphatic hydroxyl groups is 1. The van der Waals surface area contributed by atoms with Crippen LogP contribution < -0.4 is 10.1 Å². The summed E-state index contributed by atoms with van der Waals surface area (Å²) in [6.45, 7) is 2.33. The van der Waals surface area contributed by atoms with Crippen molar-refractivity contribution in [2.24, 2.45) is 0 Å². The van der Waals surface area contributed by atoms with Crippen LogP contribution in [-0.4, -0.2) is 30.3 Å². The minimum Gasteiger partial charge on any atom is -0.494 e. The van der Waals surface area contributed by atoms with E-state index in [1.807, 2.05) is 6.92 Å². The van der Waals surface area contributed by atoms with Crippen molar-refractivity contribution in [3.8, 4) is 5.75 Å². The van der Waals surface area contributed by atoms with Gasteiger partial charge in [0.1, 0.15) is 11.6 Å². The molecule has 0 aromatic heterocycles. The summed E-state index contributed by atoms with van der Waals surface area (Å²) < 4.78 is 18.0. The molecule has 2 N–H and O–H groups in total. The van der Waals surface area contributed by atoms with Crippen molar-refractivity contribution in [1.82, 2.24) is 5.32 Å². The van der Waals surface area contributed by atoms with Crippen LogP contribution in [0.15, 0.2) is 24.3 Å². The van der Waals surface area contributed by atoms with Crippen molar-refractivity contribution in [2.75, 3.05) is 13.2 Å². The first-order valence-corrected chi connectivity index (χ1v) is 6.40. The zero-order valence-electron chi connectivity index (χ0n) is 11.1. The number of carbonyl (C=O) groups excluding carboxylic acids is 1. The standard InChI is InChI=1S/C14H20FNO3/c1-11(8-9-17)16-14(18)3-2-10-19-13-6-4-12(15)5-7-13/h4-7,11,17H,2-3,8-10H2,1H3,(H,16,18). The first kappa shape index (κ1) is 15.4. The molecule has 0 saturated carbocycles. The molecule has 1 aromatic carbocycles. The first-order chi connectivity index (χ1) is 9.11. The van der Waals surface area contributed by atoms with E-state index < -0.39 is 0 Å². The highest BCUT2D eigenvalue weighted by Crippen LogP contribution is 2.11. The molecule has 19 heavy (non-hydrogen) atoms. The zero-order chi connectivity index (χ0) is 14.1. The number of benzene rings is 1. The fourth-order valence-electron chi connectivity index (χ4n) is 1.57. The molecule has 0 spiro atoms. The van der Waals surface area contributed by atoms with Gasteiger partial charge in [-0.1, -0.05) is 0 Å². The molecule has 4 nitrogen and oxygen atoms in total. The highest BCUT2D eigenvalue weighted by atomic mass is 19.1. The molecule has 0 heterocycles. The van der Waals surface area contributed by atoms with Crippen LogP contribution in [0.1, 0.15) is 26.2 Å². The highest BCUT2D eigenvalue weighted by Gasteiger charge is 2.06. The quantitative estimate of drug-likeness (QED) is 0.708. The van der Waals surface area contributed by atoms with E-state index in [1.54, 1.807) is 12.1 Å². The normalized spacial score (nSPS) is 11.9. The second-order valence-corrected chi connectivity index (χ2v) is 4.39. The van der Waals surface area contributed by atoms with Crippen molar-refractivity contribution in [3.05, 3.63) is 30.1 Å². The summed E-state index contributed by atoms with van der Waals surface area (Å²) in [6, 6.07) is 5.75. The molecule has 1 unspecified atom stereocenters. The number of carbonyl (C=O) groups is 1. The van der Waals surface area contributed by atoms with E-state index in [1.165, 1.54) is 12.1 Å². The average Bonchev–Trinajstić information content (AvgIpc) is 2.37. The second kappa shape index (κ2) is 8.48. The van der Waals surface area contributed by atoms with Crippen molar-refractivity contribution in [1.29, 1.82) is 0 Å². The fourth-order valence-corrected chi connectivity index (χ4v) is 1.57. The molecule has 1 rings (SSSR count). The van der Waals surface area contributed by atoms with Crippen molar-refractivity contribution >= 4 is 5.91 Å². The minimum absolute atomic E-state index is 0.0180. The maximum Gasteiger partial charge on any atom is 0.220 e. The summed E-state index contributed by atoms with van der Waals surface area (Å²) in [7, 11) is 0. The summed E-state index contributed by atoms with van der Waals surface area (Å²) in [5, 5.41) is 11.5. The van der Waals surface area contributed by atoms with E-state index in [0.29, 0.717) is 31.6 Å². The number of halogens is 1. The number of aliphatic hydroxyl groups excluding tert-OH is 1. The molecule has 106 valence electrons. The topological polar surface area (TPSA) is 58.6 Å². The monoisotopic (exact) mass is 269 g/mol. The van der Waals surface area contributed by atoms with Crippen LogP contribution in [0.4, 0.5) is 4.39 Å². The lowest BCUT2D eigenvalue weighted by atomic mass is 10.2. The molecule has 0 saturated heterocycles. The Morgan fingerprint density at radius 1 is 1.42 bits per heavy atom. The number of amides is 1. The van der Waals surface area contributed by atoms with Gasteiger partial charge in [0.05, 0.1) is 6.61 Å². The van der Waals surface area contributed by atoms with Gasteiger partial charge in [0.25, 0.3) is 0 Å². The molecule has 1 amide bonds. The Morgan fingerprint density at radius 2 is 2.11 bits per heavy atom. The molecule has 0 radical (unpaired) electrons. The molecule has 1 aromatic rings. The smallest absolute Gasteiger partial charge is 0.220 e. The van der Waals surface area contributed by atoms with Crippen LogP contribution in [0.2, 0.25) is 0 Å². The lowest BCUT2D eigenvalue weighted by Gasteiger charge is -2.12. The van der Waals surface area contributed by atoms with E-state index in [-0.39, 0.29) is 24.4 Å². The molecular formula is C14H20FNO3. The highest BCUT2D eigenvalue weighted by molar-refractivity contribution is 5.76. The van der Waals surface area contributed by atoms with Crippen LogP contribution in [0.25, 0.3) is 0 Å². The Labute approximate surface area is 112 Å². The second-order valence-electron chi connectivity index (χ2n) is 4.39. The third-order valence-electron chi connectivity index (χ3n) is 2.60. The number of hydrogen-bond donors (Lipinski definition) is 2. The number of rotatable bonds is 8. The van der Waals surface area contributed by atoms with E-state index in [4.69, 9.17) is 9.84 Å². The summed E-state index contributed by atoms with van der Waals surface area (Å²) in [5.41, 5.74) is 0. The summed E-state index contributed by atoms with van der Waals surface area (Å²) in [6.07, 6.45) is 1.52.